The van der Waals surface area contributed by atoms with E-state index in [0.29, 0.717) is 0 Å². The van der Waals surface area contributed by atoms with Gasteiger partial charge in [0.25, 0.3) is 0 Å². The van der Waals surface area contributed by atoms with Gasteiger partial charge in [0.05, 0.1) is 82.8 Å². The molecule has 0 aliphatic heterocycles. The van der Waals surface area contributed by atoms with Crippen molar-refractivity contribution in [2.75, 3.05) is 0 Å². The summed E-state index contributed by atoms with van der Waals surface area (Å²) in [5.41, 5.74) is 67.0. The molecule has 0 spiro atoms. The first-order valence-corrected chi connectivity index (χ1v) is 48.2. The predicted molar refractivity (Wildman–Crippen MR) is 559 cm³/mol. The monoisotopic (exact) mass is 1780 g/mol. The van der Waals surface area contributed by atoms with Crippen LogP contribution in [0.15, 0.2) is 341 Å². The van der Waals surface area contributed by atoms with E-state index >= 15 is 0 Å². The van der Waals surface area contributed by atoms with Gasteiger partial charge in [-0.25, -0.2) is 19.9 Å². The van der Waals surface area contributed by atoms with Gasteiger partial charge in [-0.1, -0.05) is 121 Å². The van der Waals surface area contributed by atoms with Crippen LogP contribution in [0.25, 0.3) is 243 Å². The maximum atomic E-state index is 5.13. The topological polar surface area (TPSA) is 172 Å². The van der Waals surface area contributed by atoms with Gasteiger partial charge in [0, 0.05) is 120 Å². The highest BCUT2D eigenvalue weighted by Crippen LogP contribution is 2.54. The van der Waals surface area contributed by atoms with E-state index in [2.05, 4.69) is 269 Å². The lowest BCUT2D eigenvalue weighted by Crippen LogP contribution is -1.96. The zero-order valence-electron chi connectivity index (χ0n) is 75.1. The molecule has 0 fully saturated rings. The van der Waals surface area contributed by atoms with E-state index < -0.39 is 0 Å². The van der Waals surface area contributed by atoms with Gasteiger partial charge < -0.3 is 0 Å². The maximum absolute atomic E-state index is 5.13. The average Bonchev–Trinajstić information content (AvgIpc) is 1.55. The molecule has 16 aromatic heterocycles. The summed E-state index contributed by atoms with van der Waals surface area (Å²) in [5.74, 6) is 0. The van der Waals surface area contributed by atoms with E-state index in [-0.39, 0.29) is 0 Å². The molecule has 8 aliphatic rings. The highest BCUT2D eigenvalue weighted by Gasteiger charge is 2.36. The fourth-order valence-electron chi connectivity index (χ4n) is 25.8. The van der Waals surface area contributed by atoms with E-state index in [1.54, 1.807) is 0 Å². The van der Waals surface area contributed by atoms with Crippen LogP contribution >= 0.6 is 0 Å². The van der Waals surface area contributed by atoms with Crippen molar-refractivity contribution >= 4 is 154 Å². The second kappa shape index (κ2) is 27.7. The first kappa shape index (κ1) is 75.1. The number of rotatable bonds is 0. The van der Waals surface area contributed by atoms with Crippen molar-refractivity contribution in [3.05, 3.63) is 430 Å². The lowest BCUT2D eigenvalue weighted by atomic mass is 9.98. The third-order valence-electron chi connectivity index (χ3n) is 31.7. The quantitative estimate of drug-likeness (QED) is 0.132. The molecule has 0 saturated heterocycles. The Hall–Kier alpha value is -18.3. The van der Waals surface area contributed by atoms with Crippen LogP contribution in [0.3, 0.4) is 0 Å². The van der Waals surface area contributed by atoms with Crippen LogP contribution < -0.4 is 0 Å². The summed E-state index contributed by atoms with van der Waals surface area (Å²) >= 11 is 0. The summed E-state index contributed by atoms with van der Waals surface area (Å²) in [6.45, 7) is 0. The van der Waals surface area contributed by atoms with Crippen LogP contribution in [0.2, 0.25) is 0 Å². The molecule has 0 bridgehead atoms. The second-order valence-electron chi connectivity index (χ2n) is 38.8. The predicted octanol–water partition coefficient (Wildman–Crippen LogP) is 26.9. The molecule has 0 unspecified atom stereocenters. The standard InChI is InChI=1S/4C31H18N4/c1-2-6-20-17(5-1)13-18-14-24-19(15-23(18)20)16-25-21(24)9-10-26-30(25)35-27-8-4-12-33-29(27)28-22(31(35)34-26)7-3-11-32-28;1-2-6-20-17(5-1)13-18-14-24-19(15-23(18)20)16-25-21(24)9-10-26-30(25)35-27-8-4-12-32-28(27)22-7-3-11-33-29(22)31(35)34-26;1-2-5-20-17(4-1)12-18-13-24-19(14-23(18)20)15-25-21(24)7-8-27-30(25)35-28-6-3-10-33-29(28)26-16-32-11-9-22(26)31(35)34-27;1-2-5-20-17(4-1)12-18-13-24-19(14-23(18)20)15-25-21(24)7-8-27-30(25)35-28-6-3-10-33-29(28)22-9-11-32-16-26(22)31(35)34-27/h2*1-12,14-15H,13,16H2;2*1-11,13-14,16H,12,15H2. The first-order valence-electron chi connectivity index (χ1n) is 48.2. The van der Waals surface area contributed by atoms with Crippen molar-refractivity contribution in [3.63, 3.8) is 0 Å². The fraction of sp³-hybridized carbons (Fsp3) is 0.0645. The zero-order chi connectivity index (χ0) is 90.7. The van der Waals surface area contributed by atoms with Crippen LogP contribution in [-0.4, -0.2) is 77.4 Å². The van der Waals surface area contributed by atoms with Crippen LogP contribution in [0.4, 0.5) is 0 Å². The van der Waals surface area contributed by atoms with Gasteiger partial charge >= 0.3 is 0 Å². The molecular formula is C124H72N16. The van der Waals surface area contributed by atoms with Crippen LogP contribution in [-0.2, 0) is 51.4 Å². The number of fused-ring (bicyclic) bond motifs is 60. The Morgan fingerprint density at radius 2 is 0.457 bits per heavy atom. The minimum absolute atomic E-state index is 0.898. The number of pyridine rings is 12. The lowest BCUT2D eigenvalue weighted by Gasteiger charge is -2.09. The number of hydrogen-bond donors (Lipinski definition) is 0. The molecule has 0 radical (unpaired) electrons. The minimum atomic E-state index is 0.898. The molecule has 140 heavy (non-hydrogen) atoms. The van der Waals surface area contributed by atoms with E-state index in [4.69, 9.17) is 44.9 Å². The van der Waals surface area contributed by atoms with Crippen LogP contribution in [0.1, 0.15) is 89.0 Å². The van der Waals surface area contributed by atoms with Gasteiger partial charge in [0.1, 0.15) is 33.5 Å². The summed E-state index contributed by atoms with van der Waals surface area (Å²) in [5, 5.41) is 6.34. The Balaban J connectivity index is 0.0000000829. The molecule has 0 atom stereocenters. The van der Waals surface area contributed by atoms with Gasteiger partial charge in [-0.3, -0.25) is 57.5 Å². The van der Waals surface area contributed by atoms with Crippen molar-refractivity contribution in [2.45, 2.75) is 51.4 Å². The summed E-state index contributed by atoms with van der Waals surface area (Å²) in [6.07, 6.45) is 26.3. The van der Waals surface area contributed by atoms with Crippen molar-refractivity contribution in [1.82, 2.24) is 77.4 Å². The number of hydrogen-bond acceptors (Lipinski definition) is 12. The Morgan fingerprint density at radius 1 is 0.171 bits per heavy atom. The van der Waals surface area contributed by atoms with Gasteiger partial charge in [-0.2, -0.15) is 0 Å². The molecular weight excluding hydrogens is 1710 g/mol. The van der Waals surface area contributed by atoms with E-state index in [0.717, 1.165) is 184 Å². The van der Waals surface area contributed by atoms with Crippen molar-refractivity contribution < 1.29 is 0 Å². The zero-order valence-corrected chi connectivity index (χ0v) is 75.1. The molecule has 0 amide bonds. The second-order valence-corrected chi connectivity index (χ2v) is 38.8. The Kier molecular flexibility index (Phi) is 14.9. The largest absolute Gasteiger partial charge is 0.290 e. The Morgan fingerprint density at radius 3 is 0.864 bits per heavy atom. The SMILES string of the molecule is c1ccc2c(c1)Cc1cc3c(cc1-2)Cc1c-3ccc2nc3c4cccnc4c4ncccc4n3c12.c1ccc2c(c1)Cc1cc3c(cc1-2)Cc1c-3ccc2nc3c4ccncc4c4ncccc4n3c12.c1ccc2c(c1)Cc1cc3c(cc1-2)Cc1c-3ccc2nc3c4cnccc4c4ncccc4n3c12.c1ccc2c(c1)Cc1cc3c(cc1-2)Cc1c-3ccc2nc3c4ncccc4c4ncccc4n3c12. The summed E-state index contributed by atoms with van der Waals surface area (Å²) in [7, 11) is 0. The summed E-state index contributed by atoms with van der Waals surface area (Å²) in [6, 6.07) is 101. The van der Waals surface area contributed by atoms with E-state index in [1.807, 2.05) is 104 Å². The molecule has 16 nitrogen and oxygen atoms in total. The number of benzene rings is 12. The van der Waals surface area contributed by atoms with Gasteiger partial charge in [-0.15, -0.1) is 0 Å². The number of aromatic nitrogens is 16. The summed E-state index contributed by atoms with van der Waals surface area (Å²) < 4.78 is 9.25. The van der Waals surface area contributed by atoms with E-state index in [9.17, 15) is 0 Å². The van der Waals surface area contributed by atoms with E-state index in [1.165, 1.54) is 200 Å². The highest BCUT2D eigenvalue weighted by atomic mass is 15.1. The lowest BCUT2D eigenvalue weighted by molar-refractivity contribution is 1.22. The van der Waals surface area contributed by atoms with Crippen LogP contribution in [0, 0.1) is 0 Å². The normalized spacial score (nSPS) is 13.5. The van der Waals surface area contributed by atoms with Gasteiger partial charge in [0.2, 0.25) is 0 Å². The van der Waals surface area contributed by atoms with Crippen molar-refractivity contribution in [2.24, 2.45) is 0 Å². The molecule has 12 aromatic carbocycles. The Bertz CT molecular complexity index is 9460. The minimum Gasteiger partial charge on any atom is -0.290 e. The van der Waals surface area contributed by atoms with Crippen molar-refractivity contribution in [1.29, 1.82) is 0 Å². The third kappa shape index (κ3) is 10.3. The maximum Gasteiger partial charge on any atom is 0.165 e. The summed E-state index contributed by atoms with van der Waals surface area (Å²) in [4.78, 5) is 57.7. The fourth-order valence-corrected chi connectivity index (χ4v) is 25.8. The molecule has 8 aliphatic carbocycles. The van der Waals surface area contributed by atoms with Gasteiger partial charge in [0.15, 0.2) is 5.65 Å². The Labute approximate surface area is 796 Å². The van der Waals surface area contributed by atoms with Crippen molar-refractivity contribution in [3.8, 4) is 89.0 Å². The molecule has 0 N–H and O–H groups in total. The smallest absolute Gasteiger partial charge is 0.165 e. The number of nitrogens with zero attached hydrogens (tertiary/aromatic N) is 16. The molecule has 0 saturated carbocycles. The average molecular weight is 1790 g/mol. The van der Waals surface area contributed by atoms with Gasteiger partial charge in [-0.05, 0) is 361 Å². The molecule has 36 rings (SSSR count). The molecule has 28 aromatic rings. The molecule has 648 valence electrons. The van der Waals surface area contributed by atoms with Crippen LogP contribution in [0.5, 0.6) is 0 Å². The first-order chi connectivity index (χ1) is 69.4. The number of imidazole rings is 4. The molecule has 16 heterocycles. The highest BCUT2D eigenvalue weighted by molar-refractivity contribution is 6.17. The third-order valence-corrected chi connectivity index (χ3v) is 31.7. The molecule has 16 heteroatoms.